The second-order valence-electron chi connectivity index (χ2n) is 6.98. The van der Waals surface area contributed by atoms with E-state index in [1.807, 2.05) is 0 Å². The first kappa shape index (κ1) is 15.3. The van der Waals surface area contributed by atoms with E-state index < -0.39 is 0 Å². The summed E-state index contributed by atoms with van der Waals surface area (Å²) in [6, 6.07) is 1.62. The Hall–Kier alpha value is -0.0800. The summed E-state index contributed by atoms with van der Waals surface area (Å²) in [7, 11) is 2.38. The average Bonchev–Trinajstić information content (AvgIpc) is 2.41. The maximum absolute atomic E-state index is 3.73. The lowest BCUT2D eigenvalue weighted by molar-refractivity contribution is 0.100. The van der Waals surface area contributed by atoms with Crippen molar-refractivity contribution in [3.8, 4) is 0 Å². The summed E-state index contributed by atoms with van der Waals surface area (Å²) in [5.41, 5.74) is 0. The van der Waals surface area contributed by atoms with Crippen molar-refractivity contribution in [2.24, 2.45) is 11.8 Å². The molecule has 2 aliphatic rings. The summed E-state index contributed by atoms with van der Waals surface area (Å²) in [4.78, 5) is 2.70. The summed E-state index contributed by atoms with van der Waals surface area (Å²) < 4.78 is 0. The molecule has 0 aliphatic heterocycles. The third kappa shape index (κ3) is 4.19. The van der Waals surface area contributed by atoms with Gasteiger partial charge in [0.2, 0.25) is 0 Å². The van der Waals surface area contributed by atoms with Crippen LogP contribution >= 0.6 is 0 Å². The predicted octanol–water partition coefficient (Wildman–Crippen LogP) is 3.67. The molecule has 0 bridgehead atoms. The fourth-order valence-electron chi connectivity index (χ4n) is 4.41. The second kappa shape index (κ2) is 7.64. The molecule has 0 aromatic carbocycles. The third-order valence-corrected chi connectivity index (χ3v) is 5.53. The van der Waals surface area contributed by atoms with Crippen LogP contribution in [0.5, 0.6) is 0 Å². The Kier molecular flexibility index (Phi) is 6.15. The van der Waals surface area contributed by atoms with Crippen LogP contribution in [-0.2, 0) is 0 Å². The van der Waals surface area contributed by atoms with Crippen LogP contribution in [0.15, 0.2) is 0 Å². The standard InChI is InChI=1S/C17H34N2/c1-4-18-16-11-7-6-10-15(16)13-19(3)17-12-8-5-9-14(17)2/h14-18H,4-13H2,1-3H3. The molecule has 0 aromatic rings. The van der Waals surface area contributed by atoms with E-state index in [1.165, 1.54) is 57.9 Å². The molecule has 1 N–H and O–H groups in total. The van der Waals surface area contributed by atoms with Gasteiger partial charge >= 0.3 is 0 Å². The summed E-state index contributed by atoms with van der Waals surface area (Å²) in [5.74, 6) is 1.78. The molecular formula is C17H34N2. The van der Waals surface area contributed by atoms with Crippen LogP contribution in [-0.4, -0.2) is 37.1 Å². The number of rotatable bonds is 5. The highest BCUT2D eigenvalue weighted by Crippen LogP contribution is 2.30. The van der Waals surface area contributed by atoms with Gasteiger partial charge in [-0.05, 0) is 51.1 Å². The lowest BCUT2D eigenvalue weighted by Gasteiger charge is -2.41. The molecule has 2 rings (SSSR count). The van der Waals surface area contributed by atoms with Crippen molar-refractivity contribution in [3.05, 3.63) is 0 Å². The zero-order valence-corrected chi connectivity index (χ0v) is 13.3. The van der Waals surface area contributed by atoms with Crippen molar-refractivity contribution in [2.75, 3.05) is 20.1 Å². The Morgan fingerprint density at radius 1 is 1.00 bits per heavy atom. The van der Waals surface area contributed by atoms with Crippen LogP contribution in [0.25, 0.3) is 0 Å². The summed E-state index contributed by atoms with van der Waals surface area (Å²) in [6.07, 6.45) is 11.5. The Morgan fingerprint density at radius 3 is 2.42 bits per heavy atom. The molecule has 2 heteroatoms. The predicted molar refractivity (Wildman–Crippen MR) is 83.5 cm³/mol. The summed E-state index contributed by atoms with van der Waals surface area (Å²) in [5, 5.41) is 3.73. The van der Waals surface area contributed by atoms with Gasteiger partial charge in [-0.15, -0.1) is 0 Å². The number of hydrogen-bond acceptors (Lipinski definition) is 2. The zero-order valence-electron chi connectivity index (χ0n) is 13.3. The van der Waals surface area contributed by atoms with Gasteiger partial charge in [0.05, 0.1) is 0 Å². The normalized spacial score (nSPS) is 36.6. The van der Waals surface area contributed by atoms with E-state index in [2.05, 4.69) is 31.1 Å². The molecular weight excluding hydrogens is 232 g/mol. The van der Waals surface area contributed by atoms with Crippen molar-refractivity contribution >= 4 is 0 Å². The summed E-state index contributed by atoms with van der Waals surface area (Å²) >= 11 is 0. The maximum Gasteiger partial charge on any atom is 0.0118 e. The molecule has 0 saturated heterocycles. The largest absolute Gasteiger partial charge is 0.314 e. The van der Waals surface area contributed by atoms with Gasteiger partial charge in [0, 0.05) is 18.6 Å². The van der Waals surface area contributed by atoms with Crippen LogP contribution in [0.1, 0.15) is 65.2 Å². The van der Waals surface area contributed by atoms with Gasteiger partial charge < -0.3 is 10.2 Å². The highest BCUT2D eigenvalue weighted by molar-refractivity contribution is 4.86. The van der Waals surface area contributed by atoms with E-state index in [4.69, 9.17) is 0 Å². The minimum Gasteiger partial charge on any atom is -0.314 e. The van der Waals surface area contributed by atoms with Gasteiger partial charge in [-0.3, -0.25) is 0 Å². The van der Waals surface area contributed by atoms with Crippen LogP contribution in [0, 0.1) is 11.8 Å². The first-order valence-corrected chi connectivity index (χ1v) is 8.66. The topological polar surface area (TPSA) is 15.3 Å². The molecule has 0 aromatic heterocycles. The molecule has 0 heterocycles. The highest BCUT2D eigenvalue weighted by Gasteiger charge is 2.30. The molecule has 2 fully saturated rings. The van der Waals surface area contributed by atoms with Crippen LogP contribution in [0.4, 0.5) is 0 Å². The minimum absolute atomic E-state index is 0.778. The summed E-state index contributed by atoms with van der Waals surface area (Å²) in [6.45, 7) is 7.15. The monoisotopic (exact) mass is 266 g/mol. The molecule has 4 unspecified atom stereocenters. The van der Waals surface area contributed by atoms with Crippen LogP contribution in [0.3, 0.4) is 0 Å². The molecule has 0 radical (unpaired) electrons. The molecule has 0 spiro atoms. The van der Waals surface area contributed by atoms with E-state index in [-0.39, 0.29) is 0 Å². The van der Waals surface area contributed by atoms with E-state index in [9.17, 15) is 0 Å². The highest BCUT2D eigenvalue weighted by atomic mass is 15.1. The fraction of sp³-hybridized carbons (Fsp3) is 1.00. The van der Waals surface area contributed by atoms with E-state index in [0.29, 0.717) is 0 Å². The molecule has 2 nitrogen and oxygen atoms in total. The molecule has 4 atom stereocenters. The van der Waals surface area contributed by atoms with Gasteiger partial charge in [0.25, 0.3) is 0 Å². The van der Waals surface area contributed by atoms with Crippen molar-refractivity contribution in [1.82, 2.24) is 10.2 Å². The second-order valence-corrected chi connectivity index (χ2v) is 6.98. The van der Waals surface area contributed by atoms with Crippen molar-refractivity contribution in [1.29, 1.82) is 0 Å². The van der Waals surface area contributed by atoms with E-state index >= 15 is 0 Å². The minimum atomic E-state index is 0.778. The number of hydrogen-bond donors (Lipinski definition) is 1. The fourth-order valence-corrected chi connectivity index (χ4v) is 4.41. The number of nitrogens with one attached hydrogen (secondary N) is 1. The van der Waals surface area contributed by atoms with Crippen LogP contribution in [0.2, 0.25) is 0 Å². The van der Waals surface area contributed by atoms with Gasteiger partial charge in [0.15, 0.2) is 0 Å². The molecule has 19 heavy (non-hydrogen) atoms. The molecule has 112 valence electrons. The maximum atomic E-state index is 3.73. The number of nitrogens with zero attached hydrogens (tertiary/aromatic N) is 1. The Bertz CT molecular complexity index is 252. The van der Waals surface area contributed by atoms with Crippen molar-refractivity contribution < 1.29 is 0 Å². The average molecular weight is 266 g/mol. The van der Waals surface area contributed by atoms with Crippen LogP contribution < -0.4 is 5.32 Å². The molecule has 2 saturated carbocycles. The van der Waals surface area contributed by atoms with E-state index in [1.54, 1.807) is 0 Å². The quantitative estimate of drug-likeness (QED) is 0.817. The Balaban J connectivity index is 1.86. The SMILES string of the molecule is CCNC1CCCCC1CN(C)C1CCCCC1C. The first-order chi connectivity index (χ1) is 9.22. The lowest BCUT2D eigenvalue weighted by atomic mass is 9.81. The smallest absolute Gasteiger partial charge is 0.0118 e. The van der Waals surface area contributed by atoms with Gasteiger partial charge in [0.1, 0.15) is 0 Å². The third-order valence-electron chi connectivity index (χ3n) is 5.53. The first-order valence-electron chi connectivity index (χ1n) is 8.66. The Labute approximate surface area is 120 Å². The van der Waals surface area contributed by atoms with Crippen molar-refractivity contribution in [3.63, 3.8) is 0 Å². The van der Waals surface area contributed by atoms with Gasteiger partial charge in [-0.2, -0.15) is 0 Å². The Morgan fingerprint density at radius 2 is 1.68 bits per heavy atom. The van der Waals surface area contributed by atoms with Crippen molar-refractivity contribution in [2.45, 2.75) is 77.3 Å². The molecule has 2 aliphatic carbocycles. The zero-order chi connectivity index (χ0) is 13.7. The van der Waals surface area contributed by atoms with Gasteiger partial charge in [-0.25, -0.2) is 0 Å². The lowest BCUT2D eigenvalue weighted by Crippen LogP contribution is -2.47. The molecule has 0 amide bonds. The van der Waals surface area contributed by atoms with Gasteiger partial charge in [-0.1, -0.05) is 39.5 Å². The van der Waals surface area contributed by atoms with E-state index in [0.717, 1.165) is 30.5 Å².